The van der Waals surface area contributed by atoms with Crippen molar-refractivity contribution in [3.8, 4) is 0 Å². The zero-order chi connectivity index (χ0) is 17.2. The monoisotopic (exact) mass is 350 g/mol. The zero-order valence-electron chi connectivity index (χ0n) is 11.3. The number of thiazole rings is 1. The molecule has 13 heteroatoms. The van der Waals surface area contributed by atoms with E-state index in [1.165, 1.54) is 6.21 Å². The molecule has 2 aliphatic rings. The second-order valence-corrected chi connectivity index (χ2v) is 6.09. The summed E-state index contributed by atoms with van der Waals surface area (Å²) < 4.78 is 5.61. The van der Waals surface area contributed by atoms with Crippen LogP contribution < -0.4 is 15.9 Å². The first-order valence-electron chi connectivity index (χ1n) is 6.29. The average Bonchev–Trinajstić information content (AvgIpc) is 2.82. The van der Waals surface area contributed by atoms with Crippen LogP contribution in [-0.4, -0.2) is 71.7 Å². The molecule has 128 valence electrons. The van der Waals surface area contributed by atoms with Crippen LogP contribution in [0.1, 0.15) is 11.1 Å². The maximum atomic E-state index is 12.1. The molecule has 12 nitrogen and oxygen atoms in total. The number of nitrogens with one attached hydrogen (secondary N) is 1. The average molecular weight is 350 g/mol. The molecule has 23 heavy (non-hydrogen) atoms. The summed E-state index contributed by atoms with van der Waals surface area (Å²) in [6.45, 7) is 0. The minimum absolute atomic E-state index is 0.0175. The number of ether oxygens (including phenoxy) is 1. The standard InChI is InChI=1S/C10H14N4O8S/c11-7-12-1-2-4(13-7)14(8(17)23-2)6-10(20,21)9(18,19)3(22-6)5(15)16/h1,3,5-7,13,15-16,18-21H,11H2/t3-,6-,7?/m1/s1. The van der Waals surface area contributed by atoms with E-state index in [0.717, 1.165) is 0 Å². The van der Waals surface area contributed by atoms with Crippen molar-refractivity contribution in [2.45, 2.75) is 36.5 Å². The fraction of sp³-hybridized carbons (Fsp3) is 0.600. The number of hydrogen-bond acceptors (Lipinski definition) is 12. The highest BCUT2D eigenvalue weighted by Gasteiger charge is 2.68. The zero-order valence-corrected chi connectivity index (χ0v) is 12.1. The number of nitrogens with two attached hydrogens (primary N) is 1. The van der Waals surface area contributed by atoms with E-state index in [9.17, 15) is 25.2 Å². The van der Waals surface area contributed by atoms with Gasteiger partial charge in [0.2, 0.25) is 0 Å². The SMILES string of the molecule is NC1N=Cc2sc(=O)n([C@@H]3O[C@H](C(O)O)C(O)(O)C3(O)O)c2N1. The molecule has 3 rings (SSSR count). The van der Waals surface area contributed by atoms with Crippen LogP contribution in [0.2, 0.25) is 0 Å². The van der Waals surface area contributed by atoms with Gasteiger partial charge in [0, 0.05) is 6.21 Å². The first kappa shape index (κ1) is 16.4. The summed E-state index contributed by atoms with van der Waals surface area (Å²) in [7, 11) is 0. The van der Waals surface area contributed by atoms with E-state index in [1.54, 1.807) is 0 Å². The van der Waals surface area contributed by atoms with Crippen LogP contribution in [0.25, 0.3) is 0 Å². The Kier molecular flexibility index (Phi) is 3.60. The first-order chi connectivity index (χ1) is 10.6. The molecule has 0 aromatic carbocycles. The van der Waals surface area contributed by atoms with Gasteiger partial charge in [-0.05, 0) is 0 Å². The summed E-state index contributed by atoms with van der Waals surface area (Å²) in [5.74, 6) is -6.85. The van der Waals surface area contributed by atoms with E-state index in [2.05, 4.69) is 10.3 Å². The van der Waals surface area contributed by atoms with Crippen LogP contribution in [0.4, 0.5) is 5.82 Å². The lowest BCUT2D eigenvalue weighted by molar-refractivity contribution is -0.363. The number of fused-ring (bicyclic) bond motifs is 1. The van der Waals surface area contributed by atoms with Crippen molar-refractivity contribution in [3.63, 3.8) is 0 Å². The van der Waals surface area contributed by atoms with E-state index in [1.807, 2.05) is 0 Å². The van der Waals surface area contributed by atoms with Crippen LogP contribution >= 0.6 is 11.3 Å². The molecule has 1 aromatic heterocycles. The Labute approximate surface area is 131 Å². The predicted octanol–water partition coefficient (Wildman–Crippen LogP) is -4.43. The van der Waals surface area contributed by atoms with E-state index < -0.39 is 41.4 Å². The molecule has 1 fully saturated rings. The van der Waals surface area contributed by atoms with E-state index in [4.69, 9.17) is 20.7 Å². The van der Waals surface area contributed by atoms with Crippen LogP contribution in [0, 0.1) is 0 Å². The molecule has 0 saturated carbocycles. The van der Waals surface area contributed by atoms with Gasteiger partial charge in [-0.1, -0.05) is 11.3 Å². The Morgan fingerprint density at radius 1 is 1.35 bits per heavy atom. The Hall–Kier alpha value is -1.42. The second kappa shape index (κ2) is 5.04. The highest BCUT2D eigenvalue weighted by atomic mass is 32.1. The van der Waals surface area contributed by atoms with Gasteiger partial charge in [0.15, 0.2) is 24.9 Å². The lowest BCUT2D eigenvalue weighted by Gasteiger charge is -2.32. The maximum absolute atomic E-state index is 12.1. The highest BCUT2D eigenvalue weighted by Crippen LogP contribution is 2.44. The number of rotatable bonds is 2. The summed E-state index contributed by atoms with van der Waals surface area (Å²) in [6, 6.07) is 0. The van der Waals surface area contributed by atoms with E-state index >= 15 is 0 Å². The molecule has 3 heterocycles. The smallest absolute Gasteiger partial charge is 0.311 e. The van der Waals surface area contributed by atoms with Crippen molar-refractivity contribution >= 4 is 23.4 Å². The number of aliphatic imine (C=N–C) groups is 1. The lowest BCUT2D eigenvalue weighted by atomic mass is 10.0. The number of aromatic nitrogens is 1. The molecule has 1 aromatic rings. The molecular formula is C10H14N4O8S. The van der Waals surface area contributed by atoms with Crippen molar-refractivity contribution in [1.29, 1.82) is 0 Å². The largest absolute Gasteiger partial charge is 0.366 e. The van der Waals surface area contributed by atoms with Crippen LogP contribution in [0.5, 0.6) is 0 Å². The molecule has 3 atom stereocenters. The summed E-state index contributed by atoms with van der Waals surface area (Å²) >= 11 is 0.666. The summed E-state index contributed by atoms with van der Waals surface area (Å²) in [5.41, 5.74) is 5.56. The number of anilines is 1. The highest BCUT2D eigenvalue weighted by molar-refractivity contribution is 7.11. The minimum atomic E-state index is -3.45. The Morgan fingerprint density at radius 2 is 2.00 bits per heavy atom. The Balaban J connectivity index is 2.12. The maximum Gasteiger partial charge on any atom is 0.311 e. The van der Waals surface area contributed by atoms with Gasteiger partial charge in [0.25, 0.3) is 11.6 Å². The van der Waals surface area contributed by atoms with Gasteiger partial charge >= 0.3 is 4.87 Å². The van der Waals surface area contributed by atoms with Crippen LogP contribution in [0.3, 0.4) is 0 Å². The third-order valence-corrected chi connectivity index (χ3v) is 4.46. The molecule has 0 radical (unpaired) electrons. The molecule has 2 aliphatic heterocycles. The quantitative estimate of drug-likeness (QED) is 0.240. The Bertz CT molecular complexity index is 710. The molecule has 0 aliphatic carbocycles. The third-order valence-electron chi connectivity index (χ3n) is 3.57. The van der Waals surface area contributed by atoms with Crippen molar-refractivity contribution in [2.24, 2.45) is 10.7 Å². The fourth-order valence-electron chi connectivity index (χ4n) is 2.41. The second-order valence-electron chi connectivity index (χ2n) is 5.09. The molecule has 0 spiro atoms. The van der Waals surface area contributed by atoms with E-state index in [-0.39, 0.29) is 5.82 Å². The first-order valence-corrected chi connectivity index (χ1v) is 7.10. The number of aliphatic hydroxyl groups excluding tert-OH is 1. The topological polar surface area (TPSA) is 203 Å². The van der Waals surface area contributed by atoms with Crippen LogP contribution in [-0.2, 0) is 4.74 Å². The van der Waals surface area contributed by atoms with E-state index in [0.29, 0.717) is 20.8 Å². The number of aliphatic hydroxyl groups is 6. The van der Waals surface area contributed by atoms with Crippen molar-refractivity contribution < 1.29 is 35.4 Å². The summed E-state index contributed by atoms with van der Waals surface area (Å²) in [4.78, 5) is 15.5. The number of nitrogens with zero attached hydrogens (tertiary/aromatic N) is 2. The lowest BCUT2D eigenvalue weighted by Crippen LogP contribution is -2.60. The van der Waals surface area contributed by atoms with Gasteiger partial charge in [-0.2, -0.15) is 0 Å². The van der Waals surface area contributed by atoms with Crippen LogP contribution in [0.15, 0.2) is 9.79 Å². The normalized spacial score (nSPS) is 31.2. The van der Waals surface area contributed by atoms with Gasteiger partial charge in [-0.25, -0.2) is 0 Å². The third kappa shape index (κ3) is 2.22. The summed E-state index contributed by atoms with van der Waals surface area (Å²) in [6.07, 6.45) is -6.31. The van der Waals surface area contributed by atoms with Crippen molar-refractivity contribution in [2.75, 3.05) is 5.32 Å². The molecule has 9 N–H and O–H groups in total. The Morgan fingerprint density at radius 3 is 2.57 bits per heavy atom. The van der Waals surface area contributed by atoms with Gasteiger partial charge in [0.05, 0.1) is 4.88 Å². The molecule has 0 bridgehead atoms. The fourth-order valence-corrected chi connectivity index (χ4v) is 3.25. The van der Waals surface area contributed by atoms with Crippen molar-refractivity contribution in [3.05, 3.63) is 14.5 Å². The summed E-state index contributed by atoms with van der Waals surface area (Å²) in [5, 5.41) is 60.5. The molecule has 1 unspecified atom stereocenters. The van der Waals surface area contributed by atoms with Gasteiger partial charge in [-0.15, -0.1) is 0 Å². The molecular weight excluding hydrogens is 336 g/mol. The predicted molar refractivity (Wildman–Crippen MR) is 74.2 cm³/mol. The number of hydrogen-bond donors (Lipinski definition) is 8. The van der Waals surface area contributed by atoms with Gasteiger partial charge in [0.1, 0.15) is 5.82 Å². The minimum Gasteiger partial charge on any atom is -0.366 e. The van der Waals surface area contributed by atoms with Crippen molar-refractivity contribution in [1.82, 2.24) is 4.57 Å². The van der Waals surface area contributed by atoms with Gasteiger partial charge in [-0.3, -0.25) is 20.1 Å². The molecule has 1 saturated heterocycles. The van der Waals surface area contributed by atoms with Gasteiger partial charge < -0.3 is 40.7 Å². The molecule has 0 amide bonds.